The van der Waals surface area contributed by atoms with Crippen LogP contribution in [0.3, 0.4) is 0 Å². The second-order valence-electron chi connectivity index (χ2n) is 6.08. The van der Waals surface area contributed by atoms with Gasteiger partial charge in [0.15, 0.2) is 0 Å². The van der Waals surface area contributed by atoms with Gasteiger partial charge in [0.1, 0.15) is 6.10 Å². The van der Waals surface area contributed by atoms with Crippen LogP contribution in [0.2, 0.25) is 0 Å². The predicted molar refractivity (Wildman–Crippen MR) is 85.6 cm³/mol. The molecule has 114 valence electrons. The monoisotopic (exact) mass is 305 g/mol. The Kier molecular flexibility index (Phi) is 4.86. The molecule has 1 aromatic carbocycles. The third-order valence-electron chi connectivity index (χ3n) is 4.26. The van der Waals surface area contributed by atoms with Gasteiger partial charge < -0.3 is 4.74 Å². The molecule has 2 fully saturated rings. The van der Waals surface area contributed by atoms with Crippen LogP contribution in [0.15, 0.2) is 29.2 Å². The van der Waals surface area contributed by atoms with E-state index >= 15 is 0 Å². The number of nitrogens with zero attached hydrogens (tertiary/aromatic N) is 1. The van der Waals surface area contributed by atoms with E-state index in [0.29, 0.717) is 11.7 Å². The first kappa shape index (κ1) is 14.9. The molecule has 4 heteroatoms. The Bertz CT molecular complexity index is 497. The summed E-state index contributed by atoms with van der Waals surface area (Å²) in [5.41, 5.74) is 1.33. The number of ether oxygens (including phenoxy) is 1. The van der Waals surface area contributed by atoms with Crippen molar-refractivity contribution >= 4 is 17.7 Å². The Labute approximate surface area is 131 Å². The molecule has 1 aromatic rings. The van der Waals surface area contributed by atoms with E-state index in [1.165, 1.54) is 23.3 Å². The average Bonchev–Trinajstić information content (AvgIpc) is 2.86. The maximum absolute atomic E-state index is 11.1. The molecule has 3 rings (SSSR count). The van der Waals surface area contributed by atoms with Crippen LogP contribution >= 0.6 is 11.8 Å². The van der Waals surface area contributed by atoms with E-state index in [1.54, 1.807) is 0 Å². The maximum Gasteiger partial charge on any atom is 0.306 e. The van der Waals surface area contributed by atoms with Gasteiger partial charge in [-0.1, -0.05) is 17.7 Å². The number of rotatable bonds is 4. The minimum Gasteiger partial charge on any atom is -0.461 e. The average molecular weight is 305 g/mol. The largest absolute Gasteiger partial charge is 0.461 e. The number of carbonyl (C=O) groups excluding carboxylic acids is 1. The first-order valence-corrected chi connectivity index (χ1v) is 8.72. The van der Waals surface area contributed by atoms with Crippen LogP contribution in [-0.2, 0) is 9.53 Å². The summed E-state index contributed by atoms with van der Waals surface area (Å²) in [6.45, 7) is 5.32. The van der Waals surface area contributed by atoms with E-state index in [2.05, 4.69) is 36.1 Å². The van der Waals surface area contributed by atoms with Gasteiger partial charge >= 0.3 is 5.97 Å². The van der Waals surface area contributed by atoms with Crippen molar-refractivity contribution < 1.29 is 9.53 Å². The number of aryl methyl sites for hydroxylation is 1. The molecule has 0 amide bonds. The number of hydrogen-bond acceptors (Lipinski definition) is 4. The lowest BCUT2D eigenvalue weighted by Crippen LogP contribution is -2.39. The van der Waals surface area contributed by atoms with Gasteiger partial charge in [-0.25, -0.2) is 0 Å². The minimum absolute atomic E-state index is 0.0233. The van der Waals surface area contributed by atoms with E-state index in [9.17, 15) is 4.79 Å². The molecule has 0 unspecified atom stereocenters. The SMILES string of the molecule is Cc1cccc(SC2CCN(C[C@@H]3CCC(=O)O3)CC2)c1. The normalized spacial score (nSPS) is 24.2. The third-order valence-corrected chi connectivity index (χ3v) is 5.59. The van der Waals surface area contributed by atoms with Gasteiger partial charge in [0.25, 0.3) is 0 Å². The molecule has 2 heterocycles. The molecule has 2 aliphatic rings. The van der Waals surface area contributed by atoms with Crippen LogP contribution in [0.25, 0.3) is 0 Å². The zero-order valence-electron chi connectivity index (χ0n) is 12.6. The number of esters is 1. The lowest BCUT2D eigenvalue weighted by Gasteiger charge is -2.32. The van der Waals surface area contributed by atoms with Crippen LogP contribution in [0.4, 0.5) is 0 Å². The zero-order chi connectivity index (χ0) is 14.7. The predicted octanol–water partition coefficient (Wildman–Crippen LogP) is 3.26. The van der Waals surface area contributed by atoms with E-state index in [1.807, 2.05) is 11.8 Å². The fraction of sp³-hybridized carbons (Fsp3) is 0.588. The highest BCUT2D eigenvalue weighted by Crippen LogP contribution is 2.31. The molecule has 3 nitrogen and oxygen atoms in total. The number of thioether (sulfide) groups is 1. The fourth-order valence-corrected chi connectivity index (χ4v) is 4.33. The maximum atomic E-state index is 11.1. The number of cyclic esters (lactones) is 1. The van der Waals surface area contributed by atoms with Gasteiger partial charge in [-0.2, -0.15) is 0 Å². The molecule has 2 saturated heterocycles. The number of hydrogen-bond donors (Lipinski definition) is 0. The molecule has 0 N–H and O–H groups in total. The van der Waals surface area contributed by atoms with Crippen LogP contribution < -0.4 is 0 Å². The van der Waals surface area contributed by atoms with Gasteiger partial charge in [-0.05, 0) is 51.4 Å². The molecular formula is C17H23NO2S. The summed E-state index contributed by atoms with van der Waals surface area (Å²) in [4.78, 5) is 15.0. The van der Waals surface area contributed by atoms with Crippen LogP contribution in [-0.4, -0.2) is 41.9 Å². The Morgan fingerprint density at radius 2 is 2.10 bits per heavy atom. The number of benzene rings is 1. The highest BCUT2D eigenvalue weighted by Gasteiger charge is 2.27. The number of likely N-dealkylation sites (tertiary alicyclic amines) is 1. The molecule has 0 aliphatic carbocycles. The summed E-state index contributed by atoms with van der Waals surface area (Å²) < 4.78 is 5.31. The summed E-state index contributed by atoms with van der Waals surface area (Å²) in [5.74, 6) is -0.0233. The molecule has 0 radical (unpaired) electrons. The molecule has 0 saturated carbocycles. The summed E-state index contributed by atoms with van der Waals surface area (Å²) in [6.07, 6.45) is 4.08. The second kappa shape index (κ2) is 6.84. The Morgan fingerprint density at radius 1 is 1.29 bits per heavy atom. The number of piperidine rings is 1. The zero-order valence-corrected chi connectivity index (χ0v) is 13.4. The smallest absolute Gasteiger partial charge is 0.306 e. The van der Waals surface area contributed by atoms with Crippen molar-refractivity contribution in [2.45, 2.75) is 48.9 Å². The van der Waals surface area contributed by atoms with Crippen molar-refractivity contribution in [2.24, 2.45) is 0 Å². The molecular weight excluding hydrogens is 282 g/mol. The minimum atomic E-state index is -0.0233. The summed E-state index contributed by atoms with van der Waals surface area (Å²) in [7, 11) is 0. The van der Waals surface area contributed by atoms with Crippen molar-refractivity contribution in [2.75, 3.05) is 19.6 Å². The van der Waals surface area contributed by atoms with Crippen molar-refractivity contribution in [3.05, 3.63) is 29.8 Å². The Balaban J connectivity index is 1.43. The summed E-state index contributed by atoms with van der Waals surface area (Å²) in [5, 5.41) is 0.717. The van der Waals surface area contributed by atoms with Gasteiger partial charge in [0.05, 0.1) is 0 Å². The topological polar surface area (TPSA) is 29.5 Å². The summed E-state index contributed by atoms with van der Waals surface area (Å²) in [6, 6.07) is 8.77. The van der Waals surface area contributed by atoms with Crippen LogP contribution in [0.5, 0.6) is 0 Å². The molecule has 2 aliphatic heterocycles. The van der Waals surface area contributed by atoms with Crippen LogP contribution in [0.1, 0.15) is 31.2 Å². The lowest BCUT2D eigenvalue weighted by molar-refractivity contribution is -0.142. The Morgan fingerprint density at radius 3 is 2.76 bits per heavy atom. The van der Waals surface area contributed by atoms with Crippen molar-refractivity contribution in [3.8, 4) is 0 Å². The van der Waals surface area contributed by atoms with E-state index < -0.39 is 0 Å². The van der Waals surface area contributed by atoms with E-state index in [0.717, 1.165) is 26.1 Å². The van der Waals surface area contributed by atoms with Crippen molar-refractivity contribution in [1.82, 2.24) is 4.90 Å². The molecule has 0 aromatic heterocycles. The molecule has 1 atom stereocenters. The van der Waals surface area contributed by atoms with Crippen molar-refractivity contribution in [1.29, 1.82) is 0 Å². The molecule has 21 heavy (non-hydrogen) atoms. The highest BCUT2D eigenvalue weighted by molar-refractivity contribution is 8.00. The quantitative estimate of drug-likeness (QED) is 0.799. The standard InChI is InChI=1S/C17H23NO2S/c1-13-3-2-4-16(11-13)21-15-7-9-18(10-8-15)12-14-5-6-17(19)20-14/h2-4,11,14-15H,5-10,12H2,1H3/t14-/m0/s1. The van der Waals surface area contributed by atoms with Crippen LogP contribution in [0, 0.1) is 6.92 Å². The lowest BCUT2D eigenvalue weighted by atomic mass is 10.1. The van der Waals surface area contributed by atoms with Crippen molar-refractivity contribution in [3.63, 3.8) is 0 Å². The molecule has 0 bridgehead atoms. The van der Waals surface area contributed by atoms with E-state index in [-0.39, 0.29) is 12.1 Å². The van der Waals surface area contributed by atoms with Gasteiger partial charge in [0, 0.05) is 23.1 Å². The van der Waals surface area contributed by atoms with Gasteiger partial charge in [-0.3, -0.25) is 9.69 Å². The first-order valence-electron chi connectivity index (χ1n) is 7.84. The molecule has 0 spiro atoms. The van der Waals surface area contributed by atoms with E-state index in [4.69, 9.17) is 4.74 Å². The first-order chi connectivity index (χ1) is 10.2. The highest BCUT2D eigenvalue weighted by atomic mass is 32.2. The Hall–Kier alpha value is -1.00. The summed E-state index contributed by atoms with van der Waals surface area (Å²) >= 11 is 2.01. The number of carbonyl (C=O) groups is 1. The second-order valence-corrected chi connectivity index (χ2v) is 7.46. The fourth-order valence-electron chi connectivity index (χ4n) is 3.09. The third kappa shape index (κ3) is 4.24. The van der Waals surface area contributed by atoms with Gasteiger partial charge in [0.2, 0.25) is 0 Å². The van der Waals surface area contributed by atoms with Gasteiger partial charge in [-0.15, -0.1) is 11.8 Å².